The maximum atomic E-state index is 12.7. The summed E-state index contributed by atoms with van der Waals surface area (Å²) in [7, 11) is 0. The van der Waals surface area contributed by atoms with Crippen LogP contribution in [-0.4, -0.2) is 37.9 Å². The van der Waals surface area contributed by atoms with Crippen molar-refractivity contribution in [3.63, 3.8) is 0 Å². The van der Waals surface area contributed by atoms with E-state index in [0.717, 1.165) is 70.6 Å². The second-order valence-corrected chi connectivity index (χ2v) is 15.3. The molecule has 0 heterocycles. The predicted octanol–water partition coefficient (Wildman–Crippen LogP) is 15.2. The van der Waals surface area contributed by atoms with Gasteiger partial charge in [-0.05, 0) is 70.6 Å². The van der Waals surface area contributed by atoms with Gasteiger partial charge < -0.3 is 14.2 Å². The van der Waals surface area contributed by atoms with E-state index in [2.05, 4.69) is 69.4 Å². The maximum absolute atomic E-state index is 12.7. The number of ether oxygens (including phenoxy) is 3. The molecule has 0 amide bonds. The molecule has 1 atom stereocenters. The number of hydrogen-bond acceptors (Lipinski definition) is 5. The normalized spacial score (nSPS) is 12.6. The highest BCUT2D eigenvalue weighted by Gasteiger charge is 2.17. The average Bonchev–Trinajstić information content (AvgIpc) is 3.17. The molecule has 0 aliphatic carbocycles. The van der Waals surface area contributed by atoms with Gasteiger partial charge in [0.15, 0.2) is 6.10 Å². The molecule has 1 unspecified atom stereocenters. The average molecular weight is 757 g/mol. The Labute approximate surface area is 335 Å². The first-order valence-electron chi connectivity index (χ1n) is 23.2. The molecular formula is C49H88O5. The standard InChI is InChI=1S/C49H88O5/c1-4-7-10-13-16-19-21-22-23-24-25-26-27-29-32-35-38-41-44-52-45-47(54-49(51)43-40-37-34-30-18-15-12-9-6-3)46-53-48(50)42-39-36-33-31-28-20-17-14-11-8-5-2/h7,10,14,16-17,19,22-23,47H,4-6,8-9,11-13,15,18,20-21,24-46H2,1-3H3/b10-7-,17-14-,19-16-,23-22-. The minimum absolute atomic E-state index is 0.0798. The number of hydrogen-bond donors (Lipinski definition) is 0. The Balaban J connectivity index is 4.19. The van der Waals surface area contributed by atoms with E-state index in [9.17, 15) is 9.59 Å². The molecule has 0 rings (SSSR count). The molecular weight excluding hydrogens is 669 g/mol. The summed E-state index contributed by atoms with van der Waals surface area (Å²) in [6.45, 7) is 7.65. The van der Waals surface area contributed by atoms with Crippen LogP contribution in [0.15, 0.2) is 48.6 Å². The minimum Gasteiger partial charge on any atom is -0.462 e. The molecule has 0 saturated heterocycles. The fourth-order valence-electron chi connectivity index (χ4n) is 6.39. The molecule has 0 fully saturated rings. The van der Waals surface area contributed by atoms with Crippen molar-refractivity contribution in [1.29, 1.82) is 0 Å². The first-order chi connectivity index (χ1) is 26.6. The van der Waals surface area contributed by atoms with Crippen LogP contribution in [0.4, 0.5) is 0 Å². The molecule has 314 valence electrons. The summed E-state index contributed by atoms with van der Waals surface area (Å²) in [5.74, 6) is -0.411. The maximum Gasteiger partial charge on any atom is 0.306 e. The Kier molecular flexibility index (Phi) is 43.5. The topological polar surface area (TPSA) is 61.8 Å². The van der Waals surface area contributed by atoms with Crippen molar-refractivity contribution in [1.82, 2.24) is 0 Å². The monoisotopic (exact) mass is 757 g/mol. The number of carbonyl (C=O) groups is 2. The van der Waals surface area contributed by atoms with Gasteiger partial charge in [0.1, 0.15) is 6.61 Å². The lowest BCUT2D eigenvalue weighted by atomic mass is 10.1. The third kappa shape index (κ3) is 42.6. The van der Waals surface area contributed by atoms with E-state index < -0.39 is 6.10 Å². The molecule has 0 aliphatic heterocycles. The largest absolute Gasteiger partial charge is 0.462 e. The Hall–Kier alpha value is -2.14. The van der Waals surface area contributed by atoms with Crippen molar-refractivity contribution in [3.05, 3.63) is 48.6 Å². The molecule has 0 aromatic carbocycles. The van der Waals surface area contributed by atoms with Crippen LogP contribution in [0.3, 0.4) is 0 Å². The van der Waals surface area contributed by atoms with Crippen LogP contribution in [0.5, 0.6) is 0 Å². The zero-order valence-electron chi connectivity index (χ0n) is 36.0. The van der Waals surface area contributed by atoms with Crippen molar-refractivity contribution < 1.29 is 23.8 Å². The van der Waals surface area contributed by atoms with E-state index in [4.69, 9.17) is 14.2 Å². The SMILES string of the molecule is CC/C=C\C/C=C\C/C=C\CCCCCCCCCCOCC(COC(=O)CCCCCCC/C=C\CCCC)OC(=O)CCCCCCCCCCC. The lowest BCUT2D eigenvalue weighted by molar-refractivity contribution is -0.163. The quantitative estimate of drug-likeness (QED) is 0.0353. The van der Waals surface area contributed by atoms with Gasteiger partial charge in [0.2, 0.25) is 0 Å². The number of carbonyl (C=O) groups excluding carboxylic acids is 2. The molecule has 5 nitrogen and oxygen atoms in total. The summed E-state index contributed by atoms with van der Waals surface area (Å²) < 4.78 is 17.3. The summed E-state index contributed by atoms with van der Waals surface area (Å²) in [5, 5.41) is 0. The molecule has 0 aromatic heterocycles. The molecule has 0 saturated carbocycles. The van der Waals surface area contributed by atoms with Gasteiger partial charge in [-0.15, -0.1) is 0 Å². The van der Waals surface area contributed by atoms with Crippen LogP contribution >= 0.6 is 0 Å². The van der Waals surface area contributed by atoms with Crippen molar-refractivity contribution >= 4 is 11.9 Å². The zero-order chi connectivity index (χ0) is 39.3. The second kappa shape index (κ2) is 45.3. The highest BCUT2D eigenvalue weighted by Crippen LogP contribution is 2.14. The van der Waals surface area contributed by atoms with Crippen LogP contribution in [-0.2, 0) is 23.8 Å². The van der Waals surface area contributed by atoms with E-state index in [0.29, 0.717) is 19.4 Å². The number of allylic oxidation sites excluding steroid dienone is 8. The molecule has 0 spiro atoms. The fraction of sp³-hybridized carbons (Fsp3) is 0.796. The van der Waals surface area contributed by atoms with Crippen molar-refractivity contribution in [2.24, 2.45) is 0 Å². The fourth-order valence-corrected chi connectivity index (χ4v) is 6.39. The van der Waals surface area contributed by atoms with Gasteiger partial charge in [-0.25, -0.2) is 0 Å². The second-order valence-electron chi connectivity index (χ2n) is 15.3. The van der Waals surface area contributed by atoms with Crippen LogP contribution in [0.2, 0.25) is 0 Å². The summed E-state index contributed by atoms with van der Waals surface area (Å²) in [4.78, 5) is 25.2. The number of rotatable bonds is 42. The highest BCUT2D eigenvalue weighted by atomic mass is 16.6. The van der Waals surface area contributed by atoms with E-state index >= 15 is 0 Å². The van der Waals surface area contributed by atoms with Crippen molar-refractivity contribution in [3.8, 4) is 0 Å². The zero-order valence-corrected chi connectivity index (χ0v) is 36.0. The summed E-state index contributed by atoms with van der Waals surface area (Å²) >= 11 is 0. The Morgan fingerprint density at radius 3 is 1.41 bits per heavy atom. The van der Waals surface area contributed by atoms with Gasteiger partial charge >= 0.3 is 11.9 Å². The van der Waals surface area contributed by atoms with Gasteiger partial charge in [-0.2, -0.15) is 0 Å². The third-order valence-corrected chi connectivity index (χ3v) is 9.85. The van der Waals surface area contributed by atoms with Crippen molar-refractivity contribution in [2.45, 2.75) is 232 Å². The summed E-state index contributed by atoms with van der Waals surface area (Å²) in [6.07, 6.45) is 54.0. The van der Waals surface area contributed by atoms with E-state index in [-0.39, 0.29) is 25.2 Å². The Bertz CT molecular complexity index is 904. The molecule has 0 aliphatic rings. The summed E-state index contributed by atoms with van der Waals surface area (Å²) in [6, 6.07) is 0. The molecule has 0 bridgehead atoms. The van der Waals surface area contributed by atoms with Gasteiger partial charge in [-0.1, -0.05) is 191 Å². The third-order valence-electron chi connectivity index (χ3n) is 9.85. The molecule has 0 aromatic rings. The lowest BCUT2D eigenvalue weighted by Crippen LogP contribution is -2.30. The Morgan fingerprint density at radius 2 is 0.852 bits per heavy atom. The van der Waals surface area contributed by atoms with Gasteiger partial charge in [-0.3, -0.25) is 9.59 Å². The molecule has 0 N–H and O–H groups in total. The molecule has 0 radical (unpaired) electrons. The van der Waals surface area contributed by atoms with Gasteiger partial charge in [0.05, 0.1) is 6.61 Å². The number of unbranched alkanes of at least 4 members (excludes halogenated alkanes) is 23. The van der Waals surface area contributed by atoms with Crippen LogP contribution in [0.25, 0.3) is 0 Å². The highest BCUT2D eigenvalue weighted by molar-refractivity contribution is 5.70. The first-order valence-corrected chi connectivity index (χ1v) is 23.2. The van der Waals surface area contributed by atoms with E-state index in [1.807, 2.05) is 0 Å². The first kappa shape index (κ1) is 51.9. The number of esters is 2. The van der Waals surface area contributed by atoms with Gasteiger partial charge in [0.25, 0.3) is 0 Å². The van der Waals surface area contributed by atoms with Crippen molar-refractivity contribution in [2.75, 3.05) is 19.8 Å². The molecule has 5 heteroatoms. The predicted molar refractivity (Wildman–Crippen MR) is 233 cm³/mol. The summed E-state index contributed by atoms with van der Waals surface area (Å²) in [5.41, 5.74) is 0. The van der Waals surface area contributed by atoms with E-state index in [1.54, 1.807) is 0 Å². The van der Waals surface area contributed by atoms with Crippen LogP contribution in [0, 0.1) is 0 Å². The van der Waals surface area contributed by atoms with Gasteiger partial charge in [0, 0.05) is 19.4 Å². The lowest BCUT2D eigenvalue weighted by Gasteiger charge is -2.18. The van der Waals surface area contributed by atoms with E-state index in [1.165, 1.54) is 122 Å². The van der Waals surface area contributed by atoms with Crippen LogP contribution in [0.1, 0.15) is 226 Å². The van der Waals surface area contributed by atoms with Crippen LogP contribution < -0.4 is 0 Å². The smallest absolute Gasteiger partial charge is 0.306 e. The Morgan fingerprint density at radius 1 is 0.426 bits per heavy atom. The molecule has 54 heavy (non-hydrogen) atoms. The minimum atomic E-state index is -0.537.